The van der Waals surface area contributed by atoms with Crippen LogP contribution in [0.5, 0.6) is 0 Å². The summed E-state index contributed by atoms with van der Waals surface area (Å²) in [7, 11) is 0. The number of hydrogen-bond donors (Lipinski definition) is 3. The minimum absolute atomic E-state index is 0.160. The fraction of sp³-hybridized carbons (Fsp3) is 0.182. The van der Waals surface area contributed by atoms with E-state index in [0.717, 1.165) is 17.1 Å². The Morgan fingerprint density at radius 2 is 1.77 bits per heavy atom. The van der Waals surface area contributed by atoms with Crippen molar-refractivity contribution in [2.24, 2.45) is 0 Å². The standard InChI is InChI=1S/C22H22N4O4S/c1-13(15-8-4-3-5-9-15)24-21(28)16-10-6-7-11-17(16)25-18(27)12-30-22(29)19-14(2)26-31-20(19)23/h3-11,13H,12,23H2,1-2H3,(H,24,28)(H,25,27)/t13-/m0/s1. The molecule has 0 saturated heterocycles. The van der Waals surface area contributed by atoms with Crippen LogP contribution >= 0.6 is 11.5 Å². The number of anilines is 2. The number of rotatable bonds is 7. The fourth-order valence-corrected chi connectivity index (χ4v) is 3.56. The molecule has 31 heavy (non-hydrogen) atoms. The second-order valence-electron chi connectivity index (χ2n) is 6.78. The molecule has 0 aliphatic heterocycles. The third kappa shape index (κ3) is 5.46. The Balaban J connectivity index is 1.62. The number of nitrogen functional groups attached to an aromatic ring is 1. The van der Waals surface area contributed by atoms with Gasteiger partial charge < -0.3 is 21.1 Å². The monoisotopic (exact) mass is 438 g/mol. The van der Waals surface area contributed by atoms with Crippen LogP contribution in [-0.2, 0) is 9.53 Å². The first-order chi connectivity index (χ1) is 14.9. The number of para-hydroxylation sites is 1. The molecule has 0 spiro atoms. The van der Waals surface area contributed by atoms with Crippen molar-refractivity contribution in [3.8, 4) is 0 Å². The Labute approximate surface area is 183 Å². The van der Waals surface area contributed by atoms with Crippen LogP contribution in [-0.4, -0.2) is 28.8 Å². The highest BCUT2D eigenvalue weighted by Crippen LogP contribution is 2.22. The summed E-state index contributed by atoms with van der Waals surface area (Å²) in [5.41, 5.74) is 7.90. The Morgan fingerprint density at radius 3 is 2.45 bits per heavy atom. The van der Waals surface area contributed by atoms with Gasteiger partial charge in [-0.25, -0.2) is 4.79 Å². The molecule has 0 unspecified atom stereocenters. The van der Waals surface area contributed by atoms with E-state index in [-0.39, 0.29) is 22.5 Å². The summed E-state index contributed by atoms with van der Waals surface area (Å²) in [5.74, 6) is -1.64. The van der Waals surface area contributed by atoms with Crippen molar-refractivity contribution in [1.82, 2.24) is 9.69 Å². The lowest BCUT2D eigenvalue weighted by Crippen LogP contribution is -2.28. The smallest absolute Gasteiger partial charge is 0.343 e. The summed E-state index contributed by atoms with van der Waals surface area (Å²) in [6.07, 6.45) is 0. The number of aryl methyl sites for hydroxylation is 1. The van der Waals surface area contributed by atoms with Crippen LogP contribution < -0.4 is 16.4 Å². The first-order valence-electron chi connectivity index (χ1n) is 9.50. The van der Waals surface area contributed by atoms with Crippen LogP contribution in [0.25, 0.3) is 0 Å². The average molecular weight is 439 g/mol. The number of nitrogens with one attached hydrogen (secondary N) is 2. The number of carbonyl (C=O) groups is 3. The van der Waals surface area contributed by atoms with Gasteiger partial charge in [-0.15, -0.1) is 0 Å². The molecule has 2 aromatic carbocycles. The molecule has 3 aromatic rings. The number of nitrogens with two attached hydrogens (primary N) is 1. The molecular weight excluding hydrogens is 416 g/mol. The number of carbonyl (C=O) groups excluding carboxylic acids is 3. The van der Waals surface area contributed by atoms with Crippen molar-refractivity contribution in [2.75, 3.05) is 17.7 Å². The quantitative estimate of drug-likeness (QED) is 0.486. The number of esters is 1. The largest absolute Gasteiger partial charge is 0.452 e. The SMILES string of the molecule is Cc1nsc(N)c1C(=O)OCC(=O)Nc1ccccc1C(=O)N[C@@H](C)c1ccccc1. The Bertz CT molecular complexity index is 1080. The maximum Gasteiger partial charge on any atom is 0.343 e. The Hall–Kier alpha value is -3.72. The van der Waals surface area contributed by atoms with Gasteiger partial charge in [0.25, 0.3) is 11.8 Å². The van der Waals surface area contributed by atoms with Gasteiger partial charge in [-0.05, 0) is 43.1 Å². The molecule has 0 fully saturated rings. The van der Waals surface area contributed by atoms with Crippen LogP contribution in [0, 0.1) is 6.92 Å². The van der Waals surface area contributed by atoms with E-state index >= 15 is 0 Å². The highest BCUT2D eigenvalue weighted by atomic mass is 32.1. The van der Waals surface area contributed by atoms with E-state index in [4.69, 9.17) is 10.5 Å². The summed E-state index contributed by atoms with van der Waals surface area (Å²) in [4.78, 5) is 37.2. The lowest BCUT2D eigenvalue weighted by atomic mass is 10.1. The van der Waals surface area contributed by atoms with Crippen LogP contribution in [0.15, 0.2) is 54.6 Å². The van der Waals surface area contributed by atoms with Crippen LogP contribution in [0.2, 0.25) is 0 Å². The summed E-state index contributed by atoms with van der Waals surface area (Å²) in [6, 6.07) is 15.9. The molecule has 0 saturated carbocycles. The van der Waals surface area contributed by atoms with E-state index in [9.17, 15) is 14.4 Å². The third-order valence-corrected chi connectivity index (χ3v) is 5.29. The lowest BCUT2D eigenvalue weighted by Gasteiger charge is -2.16. The van der Waals surface area contributed by atoms with E-state index in [1.807, 2.05) is 37.3 Å². The number of aromatic nitrogens is 1. The predicted octanol–water partition coefficient (Wildman–Crippen LogP) is 3.32. The number of benzene rings is 2. The van der Waals surface area contributed by atoms with E-state index in [1.165, 1.54) is 0 Å². The molecule has 8 nitrogen and oxygen atoms in total. The maximum atomic E-state index is 12.8. The van der Waals surface area contributed by atoms with Gasteiger partial charge in [0, 0.05) is 0 Å². The Kier molecular flexibility index (Phi) is 6.99. The van der Waals surface area contributed by atoms with Crippen molar-refractivity contribution in [3.05, 3.63) is 77.0 Å². The molecular formula is C22H22N4O4S. The van der Waals surface area contributed by atoms with Crippen LogP contribution in [0.3, 0.4) is 0 Å². The molecule has 160 valence electrons. The minimum atomic E-state index is -0.721. The topological polar surface area (TPSA) is 123 Å². The molecule has 0 bridgehead atoms. The fourth-order valence-electron chi connectivity index (χ4n) is 2.91. The van der Waals surface area contributed by atoms with Gasteiger partial charge in [0.15, 0.2) is 6.61 Å². The van der Waals surface area contributed by atoms with Crippen molar-refractivity contribution in [2.45, 2.75) is 19.9 Å². The van der Waals surface area contributed by atoms with Gasteiger partial charge in [-0.2, -0.15) is 4.37 Å². The van der Waals surface area contributed by atoms with Crippen molar-refractivity contribution in [3.63, 3.8) is 0 Å². The van der Waals surface area contributed by atoms with E-state index in [0.29, 0.717) is 16.9 Å². The second-order valence-corrected chi connectivity index (χ2v) is 7.59. The molecule has 9 heteroatoms. The average Bonchev–Trinajstić information content (AvgIpc) is 3.11. The molecule has 3 rings (SSSR count). The van der Waals surface area contributed by atoms with Gasteiger partial charge in [-0.3, -0.25) is 9.59 Å². The van der Waals surface area contributed by atoms with Crippen molar-refractivity contribution in [1.29, 1.82) is 0 Å². The normalized spacial score (nSPS) is 11.4. The highest BCUT2D eigenvalue weighted by Gasteiger charge is 2.20. The van der Waals surface area contributed by atoms with Gasteiger partial charge in [0.1, 0.15) is 10.6 Å². The molecule has 4 N–H and O–H groups in total. The molecule has 1 atom stereocenters. The first-order valence-corrected chi connectivity index (χ1v) is 10.3. The minimum Gasteiger partial charge on any atom is -0.452 e. The van der Waals surface area contributed by atoms with Crippen molar-refractivity contribution < 1.29 is 19.1 Å². The third-order valence-electron chi connectivity index (χ3n) is 4.52. The molecule has 0 radical (unpaired) electrons. The van der Waals surface area contributed by atoms with E-state index in [1.54, 1.807) is 31.2 Å². The van der Waals surface area contributed by atoms with Gasteiger partial charge in [0.2, 0.25) is 0 Å². The van der Waals surface area contributed by atoms with Crippen LogP contribution in [0.1, 0.15) is 44.9 Å². The number of amides is 2. The number of hydrogen-bond acceptors (Lipinski definition) is 7. The van der Waals surface area contributed by atoms with Gasteiger partial charge >= 0.3 is 5.97 Å². The Morgan fingerprint density at radius 1 is 1.10 bits per heavy atom. The summed E-state index contributed by atoms with van der Waals surface area (Å²) in [6.45, 7) is 2.99. The van der Waals surface area contributed by atoms with Gasteiger partial charge in [-0.1, -0.05) is 42.5 Å². The lowest BCUT2D eigenvalue weighted by molar-refractivity contribution is -0.119. The second kappa shape index (κ2) is 9.86. The van der Waals surface area contributed by atoms with Crippen molar-refractivity contribution >= 4 is 40.0 Å². The number of ether oxygens (including phenoxy) is 1. The van der Waals surface area contributed by atoms with Gasteiger partial charge in [0.05, 0.1) is 23.0 Å². The first kappa shape index (κ1) is 22.0. The zero-order valence-electron chi connectivity index (χ0n) is 17.0. The molecule has 1 heterocycles. The predicted molar refractivity (Wildman–Crippen MR) is 119 cm³/mol. The number of nitrogens with zero attached hydrogens (tertiary/aromatic N) is 1. The van der Waals surface area contributed by atoms with E-state index < -0.39 is 18.5 Å². The highest BCUT2D eigenvalue weighted by molar-refractivity contribution is 7.10. The molecule has 0 aliphatic rings. The van der Waals surface area contributed by atoms with Crippen LogP contribution in [0.4, 0.5) is 10.7 Å². The molecule has 0 aliphatic carbocycles. The summed E-state index contributed by atoms with van der Waals surface area (Å²) >= 11 is 0.986. The summed E-state index contributed by atoms with van der Waals surface area (Å²) < 4.78 is 9.02. The summed E-state index contributed by atoms with van der Waals surface area (Å²) in [5, 5.41) is 5.76. The van der Waals surface area contributed by atoms with E-state index in [2.05, 4.69) is 15.0 Å². The molecule has 1 aromatic heterocycles. The maximum absolute atomic E-state index is 12.8. The molecule has 2 amide bonds. The zero-order valence-corrected chi connectivity index (χ0v) is 17.9. The zero-order chi connectivity index (χ0) is 22.4.